The number of aromatic nitrogens is 3. The molecule has 0 bridgehead atoms. The largest absolute Gasteiger partial charge is 0.293 e. The predicted octanol–water partition coefficient (Wildman–Crippen LogP) is 3.01. The summed E-state index contributed by atoms with van der Waals surface area (Å²) in [5.41, 5.74) is 2.57. The maximum Gasteiger partial charge on any atom is 0.196 e. The van der Waals surface area contributed by atoms with Crippen LogP contribution in [-0.2, 0) is 0 Å². The van der Waals surface area contributed by atoms with Gasteiger partial charge in [-0.25, -0.2) is 0 Å². The van der Waals surface area contributed by atoms with E-state index >= 15 is 0 Å². The van der Waals surface area contributed by atoms with Crippen molar-refractivity contribution in [2.24, 2.45) is 0 Å². The smallest absolute Gasteiger partial charge is 0.196 e. The van der Waals surface area contributed by atoms with Gasteiger partial charge in [0, 0.05) is 11.8 Å². The summed E-state index contributed by atoms with van der Waals surface area (Å²) in [6.45, 7) is 1.95. The van der Waals surface area contributed by atoms with Crippen LogP contribution in [0.2, 0.25) is 0 Å². The Bertz CT molecular complexity index is 766. The van der Waals surface area contributed by atoms with Crippen molar-refractivity contribution >= 4 is 23.2 Å². The molecule has 0 amide bonds. The number of carbonyl (C=O) groups is 1. The minimum absolute atomic E-state index is 0.112. The lowest BCUT2D eigenvalue weighted by atomic mass is 10.1. The number of pyridine rings is 1. The second kappa shape index (κ2) is 5.46. The lowest BCUT2D eigenvalue weighted by molar-refractivity contribution is 0.102. The first-order valence-corrected chi connectivity index (χ1v) is 7.25. The molecular weight excluding hydrogens is 270 g/mol. The summed E-state index contributed by atoms with van der Waals surface area (Å²) in [6.07, 6.45) is 1.90. The van der Waals surface area contributed by atoms with Crippen LogP contribution in [0.1, 0.15) is 15.9 Å². The van der Waals surface area contributed by atoms with Crippen molar-refractivity contribution in [3.63, 3.8) is 0 Å². The summed E-state index contributed by atoms with van der Waals surface area (Å²) in [4.78, 5) is 12.2. The Morgan fingerprint density at radius 3 is 2.80 bits per heavy atom. The van der Waals surface area contributed by atoms with E-state index in [2.05, 4.69) is 10.2 Å². The van der Waals surface area contributed by atoms with Crippen LogP contribution in [0.3, 0.4) is 0 Å². The predicted molar refractivity (Wildman–Crippen MR) is 79.2 cm³/mol. The van der Waals surface area contributed by atoms with Crippen LogP contribution in [0.5, 0.6) is 0 Å². The number of hydrogen-bond donors (Lipinski definition) is 0. The van der Waals surface area contributed by atoms with Gasteiger partial charge in [0.15, 0.2) is 16.6 Å². The van der Waals surface area contributed by atoms with Gasteiger partial charge in [-0.1, -0.05) is 42.1 Å². The maximum atomic E-state index is 12.2. The third kappa shape index (κ3) is 2.44. The Labute approximate surface area is 120 Å². The van der Waals surface area contributed by atoms with Crippen molar-refractivity contribution in [1.29, 1.82) is 0 Å². The van der Waals surface area contributed by atoms with Gasteiger partial charge in [-0.3, -0.25) is 9.20 Å². The first-order chi connectivity index (χ1) is 9.75. The number of thioether (sulfide) groups is 1. The van der Waals surface area contributed by atoms with Crippen LogP contribution in [0.25, 0.3) is 5.65 Å². The van der Waals surface area contributed by atoms with Crippen molar-refractivity contribution in [2.45, 2.75) is 12.1 Å². The van der Waals surface area contributed by atoms with Gasteiger partial charge in [0.25, 0.3) is 0 Å². The minimum Gasteiger partial charge on any atom is -0.293 e. The summed E-state index contributed by atoms with van der Waals surface area (Å²) in [6, 6.07) is 13.4. The number of carbonyl (C=O) groups excluding carboxylic acids is 1. The maximum absolute atomic E-state index is 12.2. The Morgan fingerprint density at radius 2 is 1.95 bits per heavy atom. The van der Waals surface area contributed by atoms with E-state index in [1.165, 1.54) is 11.8 Å². The molecule has 0 aliphatic rings. The van der Waals surface area contributed by atoms with E-state index in [4.69, 9.17) is 0 Å². The van der Waals surface area contributed by atoms with Crippen molar-refractivity contribution in [3.05, 3.63) is 59.8 Å². The van der Waals surface area contributed by atoms with Crippen LogP contribution in [-0.4, -0.2) is 26.1 Å². The molecule has 0 saturated carbocycles. The molecule has 2 heterocycles. The van der Waals surface area contributed by atoms with Crippen LogP contribution in [0.4, 0.5) is 0 Å². The molecule has 0 saturated heterocycles. The Balaban J connectivity index is 1.77. The van der Waals surface area contributed by atoms with Gasteiger partial charge in [-0.05, 0) is 24.6 Å². The molecule has 1 aromatic carbocycles. The fraction of sp³-hybridized carbons (Fsp3) is 0.133. The highest BCUT2D eigenvalue weighted by atomic mass is 32.2. The van der Waals surface area contributed by atoms with Crippen LogP contribution >= 0.6 is 11.8 Å². The summed E-state index contributed by atoms with van der Waals surface area (Å²) < 4.78 is 1.88. The number of benzene rings is 1. The monoisotopic (exact) mass is 283 g/mol. The van der Waals surface area contributed by atoms with E-state index in [1.54, 1.807) is 0 Å². The van der Waals surface area contributed by atoms with Crippen LogP contribution < -0.4 is 0 Å². The van der Waals surface area contributed by atoms with Gasteiger partial charge in [0.1, 0.15) is 0 Å². The molecule has 0 atom stereocenters. The number of nitrogens with zero attached hydrogens (tertiary/aromatic N) is 3. The second-order valence-electron chi connectivity index (χ2n) is 4.44. The highest BCUT2D eigenvalue weighted by Crippen LogP contribution is 2.19. The Kier molecular flexibility index (Phi) is 3.52. The molecule has 3 aromatic rings. The molecule has 0 N–H and O–H groups in total. The molecule has 100 valence electrons. The average molecular weight is 283 g/mol. The minimum atomic E-state index is 0.112. The van der Waals surface area contributed by atoms with Gasteiger partial charge in [-0.2, -0.15) is 0 Å². The zero-order valence-corrected chi connectivity index (χ0v) is 11.8. The highest BCUT2D eigenvalue weighted by Gasteiger charge is 2.11. The van der Waals surface area contributed by atoms with E-state index in [-0.39, 0.29) is 5.78 Å². The van der Waals surface area contributed by atoms with E-state index < -0.39 is 0 Å². The molecule has 3 rings (SSSR count). The molecule has 0 aliphatic carbocycles. The van der Waals surface area contributed by atoms with Crippen molar-refractivity contribution in [1.82, 2.24) is 14.6 Å². The highest BCUT2D eigenvalue weighted by molar-refractivity contribution is 7.99. The first kappa shape index (κ1) is 12.9. The standard InChI is InChI=1S/C15H13N3OS/c1-11-6-2-3-7-12(11)13(19)10-20-15-17-16-14-8-4-5-9-18(14)15/h2-9H,10H2,1H3. The molecule has 0 aliphatic heterocycles. The summed E-state index contributed by atoms with van der Waals surface area (Å²) in [5.74, 6) is 0.473. The fourth-order valence-electron chi connectivity index (χ4n) is 2.01. The number of Topliss-reactive ketones (excluding diaryl/α,β-unsaturated/α-hetero) is 1. The number of hydrogen-bond acceptors (Lipinski definition) is 4. The normalized spacial score (nSPS) is 10.8. The van der Waals surface area contributed by atoms with Crippen molar-refractivity contribution < 1.29 is 4.79 Å². The molecule has 0 unspecified atom stereocenters. The third-order valence-corrected chi connectivity index (χ3v) is 4.00. The van der Waals surface area contributed by atoms with Gasteiger partial charge >= 0.3 is 0 Å². The molecule has 5 heteroatoms. The van der Waals surface area contributed by atoms with E-state index in [0.29, 0.717) is 5.75 Å². The number of fused-ring (bicyclic) bond motifs is 1. The summed E-state index contributed by atoms with van der Waals surface area (Å²) in [7, 11) is 0. The number of ketones is 1. The molecule has 0 spiro atoms. The topological polar surface area (TPSA) is 47.3 Å². The van der Waals surface area contributed by atoms with Gasteiger partial charge < -0.3 is 0 Å². The molecule has 0 radical (unpaired) electrons. The molecule has 4 nitrogen and oxygen atoms in total. The average Bonchev–Trinajstić information content (AvgIpc) is 2.88. The Hall–Kier alpha value is -2.14. The van der Waals surface area contributed by atoms with Crippen molar-refractivity contribution in [2.75, 3.05) is 5.75 Å². The number of rotatable bonds is 4. The molecular formula is C15H13N3OS. The zero-order valence-electron chi connectivity index (χ0n) is 11.0. The van der Waals surface area contributed by atoms with E-state index in [9.17, 15) is 4.79 Å². The SMILES string of the molecule is Cc1ccccc1C(=O)CSc1nnc2ccccn12. The lowest BCUT2D eigenvalue weighted by Crippen LogP contribution is -2.05. The quantitative estimate of drug-likeness (QED) is 0.545. The van der Waals surface area contributed by atoms with Gasteiger partial charge in [-0.15, -0.1) is 10.2 Å². The fourth-order valence-corrected chi connectivity index (χ4v) is 2.82. The van der Waals surface area contributed by atoms with Crippen LogP contribution in [0.15, 0.2) is 53.8 Å². The first-order valence-electron chi connectivity index (χ1n) is 6.27. The van der Waals surface area contributed by atoms with Gasteiger partial charge in [0.05, 0.1) is 5.75 Å². The lowest BCUT2D eigenvalue weighted by Gasteiger charge is -2.03. The van der Waals surface area contributed by atoms with Crippen LogP contribution in [0, 0.1) is 6.92 Å². The molecule has 20 heavy (non-hydrogen) atoms. The van der Waals surface area contributed by atoms with Crippen molar-refractivity contribution in [3.8, 4) is 0 Å². The number of aryl methyl sites for hydroxylation is 1. The van der Waals surface area contributed by atoms with Gasteiger partial charge in [0.2, 0.25) is 0 Å². The summed E-state index contributed by atoms with van der Waals surface area (Å²) in [5, 5.41) is 8.91. The van der Waals surface area contributed by atoms with E-state index in [0.717, 1.165) is 21.9 Å². The third-order valence-electron chi connectivity index (χ3n) is 3.06. The second-order valence-corrected chi connectivity index (χ2v) is 5.38. The zero-order chi connectivity index (χ0) is 13.9. The molecule has 2 aromatic heterocycles. The summed E-state index contributed by atoms with van der Waals surface area (Å²) >= 11 is 1.41. The molecule has 0 fully saturated rings. The van der Waals surface area contributed by atoms with E-state index in [1.807, 2.05) is 60.0 Å². The Morgan fingerprint density at radius 1 is 1.15 bits per heavy atom.